The lowest BCUT2D eigenvalue weighted by Crippen LogP contribution is -2.27. The van der Waals surface area contributed by atoms with Crippen molar-refractivity contribution in [2.75, 3.05) is 6.67 Å². The second-order valence-electron chi connectivity index (χ2n) is 3.41. The van der Waals surface area contributed by atoms with Crippen LogP contribution in [-0.4, -0.2) is 19.1 Å². The van der Waals surface area contributed by atoms with Crippen molar-refractivity contribution in [2.45, 2.75) is 18.4 Å². The first-order chi connectivity index (χ1) is 6.85. The molecule has 0 saturated carbocycles. The molecule has 0 fully saturated rings. The molecule has 0 N–H and O–H groups in total. The number of fused-ring (bicyclic) bond motifs is 1. The number of carbonyl (C=O) groups excluding carboxylic acids is 1. The highest BCUT2D eigenvalue weighted by atomic mass is 19.1. The molecule has 0 radical (unpaired) electrons. The maximum atomic E-state index is 12.4. The predicted octanol–water partition coefficient (Wildman–Crippen LogP) is 2.09. The molecule has 0 spiro atoms. The first-order valence-electron chi connectivity index (χ1n) is 4.62. The van der Waals surface area contributed by atoms with E-state index in [1.54, 1.807) is 6.07 Å². The zero-order valence-electron chi connectivity index (χ0n) is 7.65. The Labute approximate surface area is 81.7 Å². The summed E-state index contributed by atoms with van der Waals surface area (Å²) in [7, 11) is 0. The fourth-order valence-corrected chi connectivity index (χ4v) is 1.76. The summed E-state index contributed by atoms with van der Waals surface area (Å²) in [4.78, 5) is 10.8. The van der Waals surface area contributed by atoms with Crippen molar-refractivity contribution in [3.05, 3.63) is 29.8 Å². The molecule has 2 unspecified atom stereocenters. The van der Waals surface area contributed by atoms with Crippen molar-refractivity contribution < 1.29 is 13.9 Å². The van der Waals surface area contributed by atoms with Crippen LogP contribution in [-0.2, 0) is 4.79 Å². The third-order valence-corrected chi connectivity index (χ3v) is 2.47. The summed E-state index contributed by atoms with van der Waals surface area (Å²) in [5.74, 6) is 0.416. The summed E-state index contributed by atoms with van der Waals surface area (Å²) in [6, 6.07) is 7.30. The van der Waals surface area contributed by atoms with E-state index >= 15 is 0 Å². The topological polar surface area (TPSA) is 26.3 Å². The van der Waals surface area contributed by atoms with Crippen LogP contribution in [0, 0.1) is 0 Å². The van der Waals surface area contributed by atoms with Gasteiger partial charge in [0.15, 0.2) is 0 Å². The number of carbonyl (C=O) groups is 1. The van der Waals surface area contributed by atoms with E-state index in [0.717, 1.165) is 11.8 Å². The van der Waals surface area contributed by atoms with E-state index in [1.807, 2.05) is 18.2 Å². The minimum Gasteiger partial charge on any atom is -0.487 e. The van der Waals surface area contributed by atoms with Crippen molar-refractivity contribution in [1.29, 1.82) is 0 Å². The van der Waals surface area contributed by atoms with Crippen LogP contribution in [0.25, 0.3) is 0 Å². The van der Waals surface area contributed by atoms with Gasteiger partial charge in [-0.3, -0.25) is 0 Å². The number of benzene rings is 1. The van der Waals surface area contributed by atoms with E-state index in [9.17, 15) is 9.18 Å². The van der Waals surface area contributed by atoms with Crippen LogP contribution >= 0.6 is 0 Å². The lowest BCUT2D eigenvalue weighted by Gasteiger charge is -2.27. The Morgan fingerprint density at radius 1 is 1.50 bits per heavy atom. The van der Waals surface area contributed by atoms with Crippen LogP contribution in [0.3, 0.4) is 0 Å². The number of rotatable bonds is 2. The number of hydrogen-bond acceptors (Lipinski definition) is 2. The average Bonchev–Trinajstić information content (AvgIpc) is 2.27. The fourth-order valence-electron chi connectivity index (χ4n) is 1.76. The normalized spacial score (nSPS) is 24.9. The summed E-state index contributed by atoms with van der Waals surface area (Å²) >= 11 is 0. The Morgan fingerprint density at radius 2 is 2.29 bits per heavy atom. The number of halogens is 1. The van der Waals surface area contributed by atoms with E-state index < -0.39 is 12.8 Å². The van der Waals surface area contributed by atoms with Gasteiger partial charge < -0.3 is 9.53 Å². The fraction of sp³-hybridized carbons (Fsp3) is 0.364. The molecule has 2 atom stereocenters. The smallest absolute Gasteiger partial charge is 0.128 e. The minimum absolute atomic E-state index is 0.222. The van der Waals surface area contributed by atoms with Gasteiger partial charge in [-0.25, -0.2) is 4.39 Å². The predicted molar refractivity (Wildman–Crippen MR) is 50.3 cm³/mol. The van der Waals surface area contributed by atoms with E-state index in [4.69, 9.17) is 4.74 Å². The number of aldehydes is 1. The molecule has 0 saturated heterocycles. The lowest BCUT2D eigenvalue weighted by atomic mass is 9.91. The van der Waals surface area contributed by atoms with Crippen LogP contribution in [0.4, 0.5) is 4.39 Å². The van der Waals surface area contributed by atoms with Crippen LogP contribution < -0.4 is 4.74 Å². The van der Waals surface area contributed by atoms with Crippen molar-refractivity contribution in [3.63, 3.8) is 0 Å². The molecule has 0 bridgehead atoms. The minimum atomic E-state index is -0.543. The highest BCUT2D eigenvalue weighted by Gasteiger charge is 2.27. The van der Waals surface area contributed by atoms with E-state index in [1.165, 1.54) is 0 Å². The maximum absolute atomic E-state index is 12.4. The second-order valence-corrected chi connectivity index (χ2v) is 3.41. The molecule has 2 nitrogen and oxygen atoms in total. The molecule has 1 heterocycles. The van der Waals surface area contributed by atoms with Gasteiger partial charge in [0.1, 0.15) is 24.8 Å². The van der Waals surface area contributed by atoms with Gasteiger partial charge in [0.2, 0.25) is 0 Å². The number of para-hydroxylation sites is 1. The van der Waals surface area contributed by atoms with E-state index in [0.29, 0.717) is 12.2 Å². The standard InChI is InChI=1S/C11H11FO2/c12-6-9-5-8(7-13)10-3-1-2-4-11(10)14-9/h1-4,7-9H,5-6H2. The monoisotopic (exact) mass is 194 g/mol. The summed E-state index contributed by atoms with van der Waals surface area (Å²) in [5, 5.41) is 0. The molecule has 1 aromatic carbocycles. The van der Waals surface area contributed by atoms with Gasteiger partial charge in [-0.2, -0.15) is 0 Å². The number of ether oxygens (including phenoxy) is 1. The van der Waals surface area contributed by atoms with Gasteiger partial charge in [-0.05, 0) is 6.07 Å². The Morgan fingerprint density at radius 3 is 3.00 bits per heavy atom. The Kier molecular flexibility index (Phi) is 2.48. The Balaban J connectivity index is 2.35. The molecule has 0 aliphatic carbocycles. The van der Waals surface area contributed by atoms with Gasteiger partial charge in [0, 0.05) is 17.9 Å². The van der Waals surface area contributed by atoms with E-state index in [-0.39, 0.29) is 5.92 Å². The molecular formula is C11H11FO2. The second kappa shape index (κ2) is 3.78. The number of alkyl halides is 1. The van der Waals surface area contributed by atoms with Crippen LogP contribution in [0.1, 0.15) is 17.9 Å². The lowest BCUT2D eigenvalue weighted by molar-refractivity contribution is -0.110. The van der Waals surface area contributed by atoms with Crippen LogP contribution in [0.5, 0.6) is 5.75 Å². The maximum Gasteiger partial charge on any atom is 0.128 e. The van der Waals surface area contributed by atoms with Gasteiger partial charge in [0.25, 0.3) is 0 Å². The zero-order valence-corrected chi connectivity index (χ0v) is 7.65. The van der Waals surface area contributed by atoms with Gasteiger partial charge in [0.05, 0.1) is 0 Å². The molecule has 0 aromatic heterocycles. The molecule has 1 aliphatic rings. The zero-order chi connectivity index (χ0) is 9.97. The van der Waals surface area contributed by atoms with Crippen molar-refractivity contribution in [3.8, 4) is 5.75 Å². The molecular weight excluding hydrogens is 183 g/mol. The Bertz CT molecular complexity index is 338. The molecule has 1 aliphatic heterocycles. The van der Waals surface area contributed by atoms with Gasteiger partial charge in [-0.1, -0.05) is 18.2 Å². The molecule has 2 rings (SSSR count). The van der Waals surface area contributed by atoms with E-state index in [2.05, 4.69) is 0 Å². The third kappa shape index (κ3) is 1.50. The number of hydrogen-bond donors (Lipinski definition) is 0. The highest BCUT2D eigenvalue weighted by Crippen LogP contribution is 2.34. The van der Waals surface area contributed by atoms with Gasteiger partial charge >= 0.3 is 0 Å². The van der Waals surface area contributed by atoms with Crippen LogP contribution in [0.15, 0.2) is 24.3 Å². The SMILES string of the molecule is O=CC1CC(CF)Oc2ccccc21. The molecule has 14 heavy (non-hydrogen) atoms. The molecule has 0 amide bonds. The Hall–Kier alpha value is -1.38. The third-order valence-electron chi connectivity index (χ3n) is 2.47. The average molecular weight is 194 g/mol. The largest absolute Gasteiger partial charge is 0.487 e. The van der Waals surface area contributed by atoms with Gasteiger partial charge in [-0.15, -0.1) is 0 Å². The molecule has 1 aromatic rings. The quantitative estimate of drug-likeness (QED) is 0.674. The first-order valence-corrected chi connectivity index (χ1v) is 4.62. The van der Waals surface area contributed by atoms with Crippen molar-refractivity contribution in [2.24, 2.45) is 0 Å². The first kappa shape index (κ1) is 9.19. The summed E-state index contributed by atoms with van der Waals surface area (Å²) in [5.41, 5.74) is 0.868. The summed E-state index contributed by atoms with van der Waals surface area (Å²) < 4.78 is 17.8. The summed E-state index contributed by atoms with van der Waals surface area (Å²) in [6.07, 6.45) is 0.834. The molecule has 3 heteroatoms. The van der Waals surface area contributed by atoms with Crippen molar-refractivity contribution in [1.82, 2.24) is 0 Å². The van der Waals surface area contributed by atoms with Crippen LogP contribution in [0.2, 0.25) is 0 Å². The molecule has 74 valence electrons. The van der Waals surface area contributed by atoms with Crippen molar-refractivity contribution >= 4 is 6.29 Å². The highest BCUT2D eigenvalue weighted by molar-refractivity contribution is 5.65. The summed E-state index contributed by atoms with van der Waals surface area (Å²) in [6.45, 7) is -0.543.